The minimum atomic E-state index is -1.21. The summed E-state index contributed by atoms with van der Waals surface area (Å²) >= 11 is 0. The molecule has 0 aliphatic rings. The second-order valence-electron chi connectivity index (χ2n) is 10.5. The van der Waals surface area contributed by atoms with E-state index in [1.54, 1.807) is 28.8 Å². The van der Waals surface area contributed by atoms with Crippen LogP contribution >= 0.6 is 0 Å². The van der Waals surface area contributed by atoms with Crippen LogP contribution in [-0.2, 0) is 13.2 Å². The van der Waals surface area contributed by atoms with Gasteiger partial charge in [-0.3, -0.25) is 10.1 Å². The second kappa shape index (κ2) is 12.2. The molecule has 0 saturated heterocycles. The molecule has 45 heavy (non-hydrogen) atoms. The normalized spacial score (nSPS) is 10.9. The zero-order valence-corrected chi connectivity index (χ0v) is 23.8. The highest BCUT2D eigenvalue weighted by molar-refractivity contribution is 6.09. The molecule has 222 valence electrons. The lowest BCUT2D eigenvalue weighted by atomic mass is 9.98. The Balaban J connectivity index is 1.46. The Morgan fingerprint density at radius 3 is 2.13 bits per heavy atom. The van der Waals surface area contributed by atoms with Gasteiger partial charge in [-0.15, -0.1) is 0 Å². The van der Waals surface area contributed by atoms with Crippen molar-refractivity contribution >= 4 is 28.5 Å². The van der Waals surface area contributed by atoms with E-state index in [0.29, 0.717) is 39.9 Å². The van der Waals surface area contributed by atoms with E-state index in [-0.39, 0.29) is 23.5 Å². The van der Waals surface area contributed by atoms with E-state index in [9.17, 15) is 29.9 Å². The third-order valence-electron chi connectivity index (χ3n) is 7.56. The second-order valence-corrected chi connectivity index (χ2v) is 10.5. The molecule has 0 saturated carbocycles. The van der Waals surface area contributed by atoms with Gasteiger partial charge in [-0.1, -0.05) is 78.9 Å². The van der Waals surface area contributed by atoms with E-state index in [4.69, 9.17) is 4.74 Å². The Labute approximate surface area is 257 Å². The maximum Gasteiger partial charge on any atom is 0.353 e. The maximum absolute atomic E-state index is 12.9. The number of carboxylic acid groups (broad SMARTS) is 2. The molecule has 0 fully saturated rings. The van der Waals surface area contributed by atoms with E-state index in [1.807, 2.05) is 72.8 Å². The highest BCUT2D eigenvalue weighted by Gasteiger charge is 2.25. The van der Waals surface area contributed by atoms with Crippen LogP contribution in [0, 0.1) is 10.1 Å². The van der Waals surface area contributed by atoms with Gasteiger partial charge in [0.15, 0.2) is 0 Å². The van der Waals surface area contributed by atoms with Crippen LogP contribution in [0.3, 0.4) is 0 Å². The van der Waals surface area contributed by atoms with Crippen molar-refractivity contribution in [2.75, 3.05) is 0 Å². The fourth-order valence-electron chi connectivity index (χ4n) is 5.45. The van der Waals surface area contributed by atoms with E-state index < -0.39 is 16.9 Å². The summed E-state index contributed by atoms with van der Waals surface area (Å²) < 4.78 is 7.54. The number of carbonyl (C=O) groups is 2. The lowest BCUT2D eigenvalue weighted by Gasteiger charge is -2.11. The standard InChI is InChI=1S/C36H26N2O7/c39-35(40)28-10-5-9-27(19-28)33-31-17-14-26(25-12-15-30(16-13-25)45-22-23-6-2-1-3-7-23)20-32(31)37(34(33)36(41)42)21-24-8-4-11-29(18-24)38(43)44/h1-20H,21-22H2,(H,39,40)(H,41,42). The number of hydrogen-bond donors (Lipinski definition) is 2. The van der Waals surface area contributed by atoms with Crippen LogP contribution in [0.15, 0.2) is 121 Å². The minimum absolute atomic E-state index is 0.0228. The van der Waals surface area contributed by atoms with Gasteiger partial charge in [-0.2, -0.15) is 0 Å². The molecule has 0 amide bonds. The number of aromatic nitrogens is 1. The van der Waals surface area contributed by atoms with Gasteiger partial charge in [0.1, 0.15) is 18.1 Å². The number of nitrogens with zero attached hydrogens (tertiary/aromatic N) is 2. The average Bonchev–Trinajstić information content (AvgIpc) is 3.38. The number of rotatable bonds is 10. The first-order valence-electron chi connectivity index (χ1n) is 14.0. The smallest absolute Gasteiger partial charge is 0.353 e. The monoisotopic (exact) mass is 598 g/mol. The third kappa shape index (κ3) is 6.00. The average molecular weight is 599 g/mol. The first-order valence-corrected chi connectivity index (χ1v) is 14.0. The Hall–Kier alpha value is -6.22. The highest BCUT2D eigenvalue weighted by Crippen LogP contribution is 2.38. The van der Waals surface area contributed by atoms with Crippen LogP contribution in [0.4, 0.5) is 5.69 Å². The van der Waals surface area contributed by atoms with Gasteiger partial charge in [0.25, 0.3) is 5.69 Å². The fourth-order valence-corrected chi connectivity index (χ4v) is 5.45. The lowest BCUT2D eigenvalue weighted by molar-refractivity contribution is -0.384. The van der Waals surface area contributed by atoms with Crippen molar-refractivity contribution in [3.8, 4) is 28.0 Å². The molecule has 9 nitrogen and oxygen atoms in total. The number of non-ortho nitro benzene ring substituents is 1. The zero-order valence-electron chi connectivity index (χ0n) is 23.8. The minimum Gasteiger partial charge on any atom is -0.489 e. The van der Waals surface area contributed by atoms with E-state index in [2.05, 4.69) is 0 Å². The third-order valence-corrected chi connectivity index (χ3v) is 7.56. The molecular weight excluding hydrogens is 572 g/mol. The van der Waals surface area contributed by atoms with Gasteiger partial charge in [0.2, 0.25) is 0 Å². The predicted molar refractivity (Wildman–Crippen MR) is 170 cm³/mol. The number of aromatic carboxylic acids is 2. The van der Waals surface area contributed by atoms with Gasteiger partial charge >= 0.3 is 11.9 Å². The number of carboxylic acids is 2. The molecule has 2 N–H and O–H groups in total. The molecule has 0 bridgehead atoms. The summed E-state index contributed by atoms with van der Waals surface area (Å²) in [7, 11) is 0. The summed E-state index contributed by atoms with van der Waals surface area (Å²) in [6, 6.07) is 35.2. The zero-order chi connectivity index (χ0) is 31.5. The van der Waals surface area contributed by atoms with Crippen LogP contribution in [-0.4, -0.2) is 31.6 Å². The Morgan fingerprint density at radius 1 is 0.711 bits per heavy atom. The van der Waals surface area contributed by atoms with Crippen molar-refractivity contribution in [1.29, 1.82) is 0 Å². The van der Waals surface area contributed by atoms with Crippen LogP contribution in [0.2, 0.25) is 0 Å². The highest BCUT2D eigenvalue weighted by atomic mass is 16.6. The Bertz CT molecular complexity index is 2070. The number of ether oxygens (including phenoxy) is 1. The first kappa shape index (κ1) is 28.9. The molecule has 0 aliphatic heterocycles. The maximum atomic E-state index is 12.9. The molecule has 6 aromatic rings. The first-order chi connectivity index (χ1) is 21.8. The van der Waals surface area contributed by atoms with Crippen LogP contribution in [0.5, 0.6) is 5.75 Å². The van der Waals surface area contributed by atoms with Gasteiger partial charge in [0.05, 0.1) is 16.0 Å². The summed E-state index contributed by atoms with van der Waals surface area (Å²) in [5.74, 6) is -1.65. The molecule has 5 aromatic carbocycles. The van der Waals surface area contributed by atoms with Crippen LogP contribution in [0.25, 0.3) is 33.2 Å². The SMILES string of the molecule is O=C(O)c1cccc(-c2c(C(=O)O)n(Cc3cccc([N+](=O)[O-])c3)c3cc(-c4ccc(OCc5ccccc5)cc4)ccc23)c1. The number of benzene rings is 5. The molecule has 0 radical (unpaired) electrons. The van der Waals surface area contributed by atoms with Crippen molar-refractivity contribution in [1.82, 2.24) is 4.57 Å². The van der Waals surface area contributed by atoms with Crippen LogP contribution in [0.1, 0.15) is 32.0 Å². The van der Waals surface area contributed by atoms with E-state index in [1.165, 1.54) is 24.3 Å². The topological polar surface area (TPSA) is 132 Å². The van der Waals surface area contributed by atoms with E-state index in [0.717, 1.165) is 16.7 Å². The van der Waals surface area contributed by atoms with Gasteiger partial charge in [0, 0.05) is 29.6 Å². The molecule has 6 rings (SSSR count). The van der Waals surface area contributed by atoms with E-state index >= 15 is 0 Å². The van der Waals surface area contributed by atoms with Crippen molar-refractivity contribution < 1.29 is 29.5 Å². The molecule has 0 spiro atoms. The predicted octanol–water partition coefficient (Wildman–Crippen LogP) is 7.91. The lowest BCUT2D eigenvalue weighted by Crippen LogP contribution is -2.11. The summed E-state index contributed by atoms with van der Waals surface area (Å²) in [6.07, 6.45) is 0. The number of nitro groups is 1. The number of hydrogen-bond acceptors (Lipinski definition) is 5. The summed E-state index contributed by atoms with van der Waals surface area (Å²) in [5, 5.41) is 32.2. The van der Waals surface area contributed by atoms with Gasteiger partial charge in [-0.05, 0) is 58.1 Å². The van der Waals surface area contributed by atoms with Crippen molar-refractivity contribution in [2.45, 2.75) is 13.2 Å². The Morgan fingerprint density at radius 2 is 1.42 bits per heavy atom. The fraction of sp³-hybridized carbons (Fsp3) is 0.0556. The number of nitro benzene ring substituents is 1. The van der Waals surface area contributed by atoms with Crippen molar-refractivity contribution in [3.05, 3.63) is 154 Å². The van der Waals surface area contributed by atoms with Crippen molar-refractivity contribution in [2.24, 2.45) is 0 Å². The molecule has 1 heterocycles. The molecule has 0 unspecified atom stereocenters. The Kier molecular flexibility index (Phi) is 7.82. The summed E-state index contributed by atoms with van der Waals surface area (Å²) in [6.45, 7) is 0.468. The largest absolute Gasteiger partial charge is 0.489 e. The molecule has 1 aromatic heterocycles. The molecule has 0 aliphatic carbocycles. The van der Waals surface area contributed by atoms with Crippen molar-refractivity contribution in [3.63, 3.8) is 0 Å². The van der Waals surface area contributed by atoms with Crippen LogP contribution < -0.4 is 4.74 Å². The quantitative estimate of drug-likeness (QED) is 0.121. The molecular formula is C36H26N2O7. The summed E-state index contributed by atoms with van der Waals surface area (Å²) in [4.78, 5) is 35.6. The number of fused-ring (bicyclic) bond motifs is 1. The van der Waals surface area contributed by atoms with Gasteiger partial charge < -0.3 is 19.5 Å². The van der Waals surface area contributed by atoms with Gasteiger partial charge in [-0.25, -0.2) is 9.59 Å². The molecule has 9 heteroatoms. The molecule has 0 atom stereocenters. The summed E-state index contributed by atoms with van der Waals surface area (Å²) in [5.41, 5.74) is 4.52.